The van der Waals surface area contributed by atoms with E-state index in [-0.39, 0.29) is 43.2 Å². The van der Waals surface area contributed by atoms with Crippen molar-refractivity contribution < 1.29 is 38.4 Å². The molecule has 3 aromatic rings. The summed E-state index contributed by atoms with van der Waals surface area (Å²) < 4.78 is 24.0. The molecule has 3 N–H and O–H groups in total. The molecule has 2 heterocycles. The van der Waals surface area contributed by atoms with Crippen LogP contribution in [-0.4, -0.2) is 72.0 Å². The number of anilines is 1. The lowest BCUT2D eigenvalue weighted by Gasteiger charge is -2.43. The Labute approximate surface area is 294 Å². The first-order chi connectivity index (χ1) is 23.9. The maximum atomic E-state index is 13.1. The van der Waals surface area contributed by atoms with E-state index < -0.39 is 29.9 Å². The molecular weight excluding hydrogens is 638 g/mol. The predicted molar refractivity (Wildman–Crippen MR) is 188 cm³/mol. The van der Waals surface area contributed by atoms with Crippen molar-refractivity contribution in [3.05, 3.63) is 101 Å². The van der Waals surface area contributed by atoms with Crippen LogP contribution >= 0.6 is 0 Å². The first-order valence-electron chi connectivity index (χ1n) is 17.2. The van der Waals surface area contributed by atoms with Gasteiger partial charge in [0.15, 0.2) is 6.29 Å². The van der Waals surface area contributed by atoms with Gasteiger partial charge in [0.1, 0.15) is 17.7 Å². The smallest absolute Gasteiger partial charge is 0.328 e. The van der Waals surface area contributed by atoms with Crippen LogP contribution in [0, 0.1) is 5.92 Å². The van der Waals surface area contributed by atoms with Gasteiger partial charge in [-0.2, -0.15) is 0 Å². The minimum Gasteiger partial charge on any atom is -0.467 e. The van der Waals surface area contributed by atoms with Crippen LogP contribution in [0.2, 0.25) is 0 Å². The Hall–Kier alpha value is -4.29. The highest BCUT2D eigenvalue weighted by molar-refractivity contribution is 5.92. The number of benzene rings is 3. The van der Waals surface area contributed by atoms with Gasteiger partial charge in [-0.1, -0.05) is 73.7 Å². The fourth-order valence-corrected chi connectivity index (χ4v) is 6.51. The zero-order chi connectivity index (χ0) is 35.8. The molecule has 2 aliphatic rings. The standard InChI is InChI=1S/C39H49N3O8/c1-25-33(23-42-20-10-15-32(42)36(45)50-39(2,3)4)48-37(49-34(25)28-18-16-27(24-43)17-19-28)29-13-9-14-30(22-29)40-38(46)41-31(35(44)47-5)21-26-11-7-6-8-12-26/h6-9,11-14,16-19,22,25,31-34,37,43H,10,15,20-21,23-24H2,1-5H3,(H2,40,41,46). The quantitative estimate of drug-likeness (QED) is 0.218. The van der Waals surface area contributed by atoms with E-state index in [0.29, 0.717) is 17.8 Å². The van der Waals surface area contributed by atoms with E-state index in [4.69, 9.17) is 18.9 Å². The number of nitrogens with zero attached hydrogens (tertiary/aromatic N) is 1. The molecule has 0 bridgehead atoms. The van der Waals surface area contributed by atoms with E-state index in [9.17, 15) is 19.5 Å². The third-order valence-electron chi connectivity index (χ3n) is 9.07. The van der Waals surface area contributed by atoms with Gasteiger partial charge in [0.05, 0.1) is 25.9 Å². The number of ether oxygens (including phenoxy) is 4. The molecule has 0 aliphatic carbocycles. The van der Waals surface area contributed by atoms with Crippen LogP contribution in [0.3, 0.4) is 0 Å². The first-order valence-corrected chi connectivity index (χ1v) is 17.2. The lowest BCUT2D eigenvalue weighted by Crippen LogP contribution is -2.48. The number of likely N-dealkylation sites (tertiary alicyclic amines) is 1. The molecule has 0 aromatic heterocycles. The molecule has 5 rings (SSSR count). The second-order valence-electron chi connectivity index (χ2n) is 14.0. The number of urea groups is 1. The van der Waals surface area contributed by atoms with Crippen molar-refractivity contribution in [1.29, 1.82) is 0 Å². The minimum atomic E-state index is -0.883. The molecule has 268 valence electrons. The van der Waals surface area contributed by atoms with Gasteiger partial charge in [-0.25, -0.2) is 9.59 Å². The highest BCUT2D eigenvalue weighted by Gasteiger charge is 2.42. The number of esters is 2. The molecule has 0 radical (unpaired) electrons. The number of hydrogen-bond donors (Lipinski definition) is 3. The van der Waals surface area contributed by atoms with Crippen molar-refractivity contribution >= 4 is 23.7 Å². The summed E-state index contributed by atoms with van der Waals surface area (Å²) in [5.41, 5.74) is 3.22. The van der Waals surface area contributed by atoms with Gasteiger partial charge < -0.3 is 34.7 Å². The SMILES string of the molecule is COC(=O)C(Cc1ccccc1)NC(=O)Nc1cccc(C2OC(CN3CCCC3C(=O)OC(C)(C)C)C(C)C(c3ccc(CO)cc3)O2)c1. The van der Waals surface area contributed by atoms with E-state index in [1.54, 1.807) is 18.2 Å². The Balaban J connectivity index is 1.34. The lowest BCUT2D eigenvalue weighted by atomic mass is 9.90. The Morgan fingerprint density at radius 3 is 2.38 bits per heavy atom. The molecule has 11 nitrogen and oxygen atoms in total. The van der Waals surface area contributed by atoms with Gasteiger partial charge in [-0.15, -0.1) is 0 Å². The highest BCUT2D eigenvalue weighted by Crippen LogP contribution is 2.42. The number of aliphatic hydroxyl groups excluding tert-OH is 1. The van der Waals surface area contributed by atoms with Crippen molar-refractivity contribution in [1.82, 2.24) is 10.2 Å². The zero-order valence-electron chi connectivity index (χ0n) is 29.5. The van der Waals surface area contributed by atoms with Crippen molar-refractivity contribution in [2.75, 3.05) is 25.5 Å². The molecule has 3 aromatic carbocycles. The molecule has 2 saturated heterocycles. The summed E-state index contributed by atoms with van der Waals surface area (Å²) in [4.78, 5) is 40.9. The number of rotatable bonds is 11. The monoisotopic (exact) mass is 687 g/mol. The summed E-state index contributed by atoms with van der Waals surface area (Å²) in [6.45, 7) is 8.91. The summed E-state index contributed by atoms with van der Waals surface area (Å²) in [5.74, 6) is -0.859. The molecule has 6 atom stereocenters. The van der Waals surface area contributed by atoms with Crippen molar-refractivity contribution in [2.24, 2.45) is 5.92 Å². The van der Waals surface area contributed by atoms with Gasteiger partial charge in [-0.05, 0) is 69.0 Å². The average Bonchev–Trinajstić information content (AvgIpc) is 3.57. The Bertz CT molecular complexity index is 1590. The number of hydrogen-bond acceptors (Lipinski definition) is 9. The molecule has 0 spiro atoms. The van der Waals surface area contributed by atoms with E-state index in [0.717, 1.165) is 36.1 Å². The largest absolute Gasteiger partial charge is 0.467 e. The highest BCUT2D eigenvalue weighted by atomic mass is 16.7. The second-order valence-corrected chi connectivity index (χ2v) is 14.0. The van der Waals surface area contributed by atoms with E-state index in [2.05, 4.69) is 22.5 Å². The van der Waals surface area contributed by atoms with Crippen molar-refractivity contribution in [3.8, 4) is 0 Å². The van der Waals surface area contributed by atoms with Crippen LogP contribution in [0.15, 0.2) is 78.9 Å². The Kier molecular flexibility index (Phi) is 12.3. The normalized spacial score (nSPS) is 23.1. The fourth-order valence-electron chi connectivity index (χ4n) is 6.51. The van der Waals surface area contributed by atoms with Crippen LogP contribution in [-0.2, 0) is 41.6 Å². The second kappa shape index (κ2) is 16.6. The number of aliphatic hydroxyl groups is 1. The molecule has 0 saturated carbocycles. The van der Waals surface area contributed by atoms with Gasteiger partial charge >= 0.3 is 18.0 Å². The van der Waals surface area contributed by atoms with Crippen LogP contribution in [0.5, 0.6) is 0 Å². The number of carbonyl (C=O) groups is 3. The van der Waals surface area contributed by atoms with Crippen LogP contribution in [0.1, 0.15) is 75.2 Å². The minimum absolute atomic E-state index is 0.0588. The Morgan fingerprint density at radius 1 is 0.960 bits per heavy atom. The molecule has 2 amide bonds. The summed E-state index contributed by atoms with van der Waals surface area (Å²) in [6.07, 6.45) is 0.434. The van der Waals surface area contributed by atoms with E-state index in [1.165, 1.54) is 7.11 Å². The summed E-state index contributed by atoms with van der Waals surface area (Å²) in [6, 6.07) is 22.5. The Morgan fingerprint density at radius 2 is 1.70 bits per heavy atom. The van der Waals surface area contributed by atoms with E-state index in [1.807, 2.05) is 81.4 Å². The average molecular weight is 688 g/mol. The molecule has 50 heavy (non-hydrogen) atoms. The maximum absolute atomic E-state index is 13.1. The zero-order valence-corrected chi connectivity index (χ0v) is 29.5. The van der Waals surface area contributed by atoms with E-state index >= 15 is 0 Å². The molecule has 2 fully saturated rings. The van der Waals surface area contributed by atoms with Crippen LogP contribution in [0.4, 0.5) is 10.5 Å². The third kappa shape index (κ3) is 9.69. The van der Waals surface area contributed by atoms with Gasteiger partial charge in [0.25, 0.3) is 0 Å². The molecule has 6 unspecified atom stereocenters. The van der Waals surface area contributed by atoms with Crippen molar-refractivity contribution in [3.63, 3.8) is 0 Å². The number of amides is 2. The molecule has 2 aliphatic heterocycles. The number of nitrogens with one attached hydrogen (secondary N) is 2. The van der Waals surface area contributed by atoms with Gasteiger partial charge in [0.2, 0.25) is 0 Å². The summed E-state index contributed by atoms with van der Waals surface area (Å²) in [5, 5.41) is 15.2. The molecular formula is C39H49N3O8. The number of methoxy groups -OCH3 is 1. The maximum Gasteiger partial charge on any atom is 0.328 e. The summed E-state index contributed by atoms with van der Waals surface area (Å²) in [7, 11) is 1.29. The van der Waals surface area contributed by atoms with Gasteiger partial charge in [0, 0.05) is 30.1 Å². The topological polar surface area (TPSA) is 136 Å². The van der Waals surface area contributed by atoms with Crippen molar-refractivity contribution in [2.45, 2.75) is 89.7 Å². The first kappa shape index (κ1) is 37.0. The molecule has 11 heteroatoms. The summed E-state index contributed by atoms with van der Waals surface area (Å²) >= 11 is 0. The van der Waals surface area contributed by atoms with Crippen LogP contribution < -0.4 is 10.6 Å². The predicted octanol–water partition coefficient (Wildman–Crippen LogP) is 5.68. The fraction of sp³-hybridized carbons (Fsp3) is 0.462. The third-order valence-corrected chi connectivity index (χ3v) is 9.07. The number of carbonyl (C=O) groups excluding carboxylic acids is 3. The lowest BCUT2D eigenvalue weighted by molar-refractivity contribution is -0.276. The van der Waals surface area contributed by atoms with Gasteiger partial charge in [-0.3, -0.25) is 9.69 Å². The van der Waals surface area contributed by atoms with Crippen LogP contribution in [0.25, 0.3) is 0 Å².